The minimum atomic E-state index is 0.499. The van der Waals surface area contributed by atoms with Crippen LogP contribution in [0.2, 0.25) is 0 Å². The summed E-state index contributed by atoms with van der Waals surface area (Å²) in [6, 6.07) is 1.63. The molecule has 14 heavy (non-hydrogen) atoms. The van der Waals surface area contributed by atoms with Gasteiger partial charge in [0.15, 0.2) is 0 Å². The first-order valence-electron chi connectivity index (χ1n) is 5.21. The number of nitrogens with zero attached hydrogens (tertiary/aromatic N) is 2. The first-order valence-corrected chi connectivity index (χ1v) is 5.21. The number of hydrogen-bond donors (Lipinski definition) is 2. The zero-order valence-corrected chi connectivity index (χ0v) is 8.77. The van der Waals surface area contributed by atoms with Gasteiger partial charge in [-0.2, -0.15) is 5.10 Å². The smallest absolute Gasteiger partial charge is 0.0719 e. The third kappa shape index (κ3) is 1.90. The molecule has 1 saturated heterocycles. The van der Waals surface area contributed by atoms with Gasteiger partial charge in [0.2, 0.25) is 0 Å². The predicted octanol–water partition coefficient (Wildman–Crippen LogP) is 1.17. The molecule has 0 radical (unpaired) electrons. The molecule has 0 aliphatic carbocycles. The van der Waals surface area contributed by atoms with Gasteiger partial charge in [0.25, 0.3) is 0 Å². The molecular weight excluding hydrogens is 176 g/mol. The van der Waals surface area contributed by atoms with Crippen LogP contribution in [0.5, 0.6) is 0 Å². The molecule has 1 aliphatic heterocycles. The molecule has 78 valence electrons. The molecule has 4 nitrogen and oxygen atoms in total. The highest BCUT2D eigenvalue weighted by Gasteiger charge is 2.24. The molecule has 4 heteroatoms. The Morgan fingerprint density at radius 3 is 2.57 bits per heavy atom. The van der Waals surface area contributed by atoms with Gasteiger partial charge in [-0.25, -0.2) is 0 Å². The fraction of sp³-hybridized carbons (Fsp3) is 0.700. The number of nitrogens with one attached hydrogen (secondary N) is 1. The third-order valence-electron chi connectivity index (χ3n) is 2.82. The summed E-state index contributed by atoms with van der Waals surface area (Å²) in [5.74, 6) is 0. The highest BCUT2D eigenvalue weighted by Crippen LogP contribution is 2.24. The van der Waals surface area contributed by atoms with E-state index in [0.29, 0.717) is 18.1 Å². The Bertz CT molecular complexity index is 297. The van der Waals surface area contributed by atoms with Crippen LogP contribution in [0.3, 0.4) is 0 Å². The maximum Gasteiger partial charge on any atom is 0.0719 e. The van der Waals surface area contributed by atoms with Crippen LogP contribution in [0.15, 0.2) is 12.4 Å². The van der Waals surface area contributed by atoms with Gasteiger partial charge in [-0.05, 0) is 26.7 Å². The van der Waals surface area contributed by atoms with E-state index < -0.39 is 0 Å². The van der Waals surface area contributed by atoms with E-state index in [1.807, 2.05) is 10.9 Å². The first kappa shape index (κ1) is 9.52. The number of nitrogen functional groups attached to an aromatic ring is 1. The van der Waals surface area contributed by atoms with Crippen molar-refractivity contribution in [1.82, 2.24) is 15.1 Å². The Balaban J connectivity index is 2.10. The molecule has 1 aromatic rings. The van der Waals surface area contributed by atoms with Gasteiger partial charge < -0.3 is 11.1 Å². The van der Waals surface area contributed by atoms with E-state index in [0.717, 1.165) is 18.5 Å². The van der Waals surface area contributed by atoms with Crippen molar-refractivity contribution in [2.75, 3.05) is 5.73 Å². The Morgan fingerprint density at radius 1 is 1.43 bits per heavy atom. The zero-order chi connectivity index (χ0) is 10.1. The molecule has 0 spiro atoms. The Labute approximate surface area is 84.5 Å². The van der Waals surface area contributed by atoms with Gasteiger partial charge in [0, 0.05) is 18.3 Å². The topological polar surface area (TPSA) is 55.9 Å². The van der Waals surface area contributed by atoms with Crippen LogP contribution in [0, 0.1) is 0 Å². The zero-order valence-electron chi connectivity index (χ0n) is 8.77. The molecule has 0 amide bonds. The van der Waals surface area contributed by atoms with Gasteiger partial charge in [-0.1, -0.05) is 0 Å². The molecule has 0 saturated carbocycles. The van der Waals surface area contributed by atoms with Crippen LogP contribution in [0.4, 0.5) is 5.69 Å². The quantitative estimate of drug-likeness (QED) is 0.705. The molecule has 1 fully saturated rings. The van der Waals surface area contributed by atoms with Gasteiger partial charge in [-0.3, -0.25) is 4.68 Å². The number of rotatable bonds is 1. The monoisotopic (exact) mass is 194 g/mol. The van der Waals surface area contributed by atoms with Crippen molar-refractivity contribution in [2.45, 2.75) is 44.8 Å². The van der Waals surface area contributed by atoms with E-state index in [1.54, 1.807) is 6.20 Å². The van der Waals surface area contributed by atoms with Crippen molar-refractivity contribution in [3.63, 3.8) is 0 Å². The number of nitrogens with two attached hydrogens (primary N) is 1. The number of aromatic nitrogens is 2. The normalized spacial score (nSPS) is 33.1. The molecule has 2 heterocycles. The molecule has 1 aliphatic rings. The van der Waals surface area contributed by atoms with E-state index in [-0.39, 0.29) is 0 Å². The fourth-order valence-corrected chi connectivity index (χ4v) is 2.30. The summed E-state index contributed by atoms with van der Waals surface area (Å²) in [6.45, 7) is 4.44. The predicted molar refractivity (Wildman–Crippen MR) is 57.0 cm³/mol. The van der Waals surface area contributed by atoms with Crippen LogP contribution >= 0.6 is 0 Å². The van der Waals surface area contributed by atoms with Crippen molar-refractivity contribution in [1.29, 1.82) is 0 Å². The lowest BCUT2D eigenvalue weighted by atomic mass is 9.96. The molecule has 3 N–H and O–H groups in total. The summed E-state index contributed by atoms with van der Waals surface area (Å²) < 4.78 is 2.00. The van der Waals surface area contributed by atoms with Crippen molar-refractivity contribution >= 4 is 5.69 Å². The maximum absolute atomic E-state index is 5.66. The lowest BCUT2D eigenvalue weighted by Crippen LogP contribution is -2.43. The van der Waals surface area contributed by atoms with Gasteiger partial charge >= 0.3 is 0 Å². The lowest BCUT2D eigenvalue weighted by molar-refractivity contribution is 0.250. The van der Waals surface area contributed by atoms with Crippen molar-refractivity contribution in [3.8, 4) is 0 Å². The van der Waals surface area contributed by atoms with Gasteiger partial charge in [-0.15, -0.1) is 0 Å². The number of anilines is 1. The molecule has 0 bridgehead atoms. The molecule has 2 rings (SSSR count). The number of piperidine rings is 1. The Hall–Kier alpha value is -1.03. The summed E-state index contributed by atoms with van der Waals surface area (Å²) in [7, 11) is 0. The highest BCUT2D eigenvalue weighted by atomic mass is 15.3. The van der Waals surface area contributed by atoms with Crippen LogP contribution < -0.4 is 11.1 Å². The van der Waals surface area contributed by atoms with E-state index in [4.69, 9.17) is 5.73 Å². The molecular formula is C10H18N4. The Kier molecular flexibility index (Phi) is 2.46. The summed E-state index contributed by atoms with van der Waals surface area (Å²) in [5, 5.41) is 7.79. The van der Waals surface area contributed by atoms with Gasteiger partial charge in [0.05, 0.1) is 17.9 Å². The summed E-state index contributed by atoms with van der Waals surface area (Å²) in [5.41, 5.74) is 6.41. The molecule has 2 atom stereocenters. The minimum Gasteiger partial charge on any atom is -0.396 e. The summed E-state index contributed by atoms with van der Waals surface area (Å²) in [4.78, 5) is 0. The summed E-state index contributed by atoms with van der Waals surface area (Å²) >= 11 is 0. The van der Waals surface area contributed by atoms with E-state index in [2.05, 4.69) is 24.3 Å². The number of hydrogen-bond acceptors (Lipinski definition) is 3. The van der Waals surface area contributed by atoms with E-state index in [1.165, 1.54) is 0 Å². The second-order valence-corrected chi connectivity index (χ2v) is 4.35. The molecule has 0 aromatic carbocycles. The highest BCUT2D eigenvalue weighted by molar-refractivity contribution is 5.30. The largest absolute Gasteiger partial charge is 0.396 e. The van der Waals surface area contributed by atoms with Crippen LogP contribution in [-0.4, -0.2) is 21.9 Å². The second-order valence-electron chi connectivity index (χ2n) is 4.35. The minimum absolute atomic E-state index is 0.499. The van der Waals surface area contributed by atoms with Crippen LogP contribution in [0.25, 0.3) is 0 Å². The van der Waals surface area contributed by atoms with Gasteiger partial charge in [0.1, 0.15) is 0 Å². The molecule has 2 unspecified atom stereocenters. The van der Waals surface area contributed by atoms with E-state index in [9.17, 15) is 0 Å². The Morgan fingerprint density at radius 2 is 2.07 bits per heavy atom. The average Bonchev–Trinajstić information content (AvgIpc) is 2.50. The average molecular weight is 194 g/mol. The van der Waals surface area contributed by atoms with Crippen LogP contribution in [0.1, 0.15) is 32.7 Å². The lowest BCUT2D eigenvalue weighted by Gasteiger charge is -2.32. The summed E-state index contributed by atoms with van der Waals surface area (Å²) in [6.07, 6.45) is 5.91. The first-order chi connectivity index (χ1) is 6.65. The van der Waals surface area contributed by atoms with Crippen molar-refractivity contribution in [2.24, 2.45) is 0 Å². The fourth-order valence-electron chi connectivity index (χ4n) is 2.30. The van der Waals surface area contributed by atoms with E-state index >= 15 is 0 Å². The SMILES string of the molecule is CC1CC(n2cc(N)cn2)CC(C)N1. The standard InChI is InChI=1S/C10H18N4/c1-7-3-10(4-8(2)13-7)14-6-9(11)5-12-14/h5-8,10,13H,3-4,11H2,1-2H3. The third-order valence-corrected chi connectivity index (χ3v) is 2.82. The molecule has 1 aromatic heterocycles. The van der Waals surface area contributed by atoms with Crippen molar-refractivity contribution < 1.29 is 0 Å². The van der Waals surface area contributed by atoms with Crippen molar-refractivity contribution in [3.05, 3.63) is 12.4 Å². The van der Waals surface area contributed by atoms with Crippen LogP contribution in [-0.2, 0) is 0 Å². The second kappa shape index (κ2) is 3.61. The maximum atomic E-state index is 5.66.